The van der Waals surface area contributed by atoms with Crippen LogP contribution in [0.1, 0.15) is 25.5 Å². The molecule has 3 rings (SSSR count). The molecular weight excluding hydrogens is 254 g/mol. The number of nitrogens with zero attached hydrogens (tertiary/aromatic N) is 3. The van der Waals surface area contributed by atoms with E-state index >= 15 is 0 Å². The van der Waals surface area contributed by atoms with Crippen LogP contribution in [-0.4, -0.2) is 33.1 Å². The average Bonchev–Trinajstić information content (AvgIpc) is 2.81. The molecule has 1 aliphatic heterocycles. The van der Waals surface area contributed by atoms with Gasteiger partial charge in [-0.15, -0.1) is 0 Å². The first-order chi connectivity index (χ1) is 9.52. The summed E-state index contributed by atoms with van der Waals surface area (Å²) in [5.74, 6) is -0.115. The third-order valence-electron chi connectivity index (χ3n) is 4.08. The predicted octanol–water partition coefficient (Wildman–Crippen LogP) is 2.38. The largest absolute Gasteiger partial charge is 0.480 e. The minimum atomic E-state index is -0.887. The molecule has 0 saturated carbocycles. The first-order valence-corrected chi connectivity index (χ1v) is 6.77. The van der Waals surface area contributed by atoms with Gasteiger partial charge in [-0.3, -0.25) is 0 Å². The number of aromatic nitrogens is 2. The lowest BCUT2D eigenvalue weighted by atomic mass is 9.99. The van der Waals surface area contributed by atoms with E-state index in [4.69, 9.17) is 0 Å². The summed E-state index contributed by atoms with van der Waals surface area (Å²) in [6, 6.07) is 7.66. The molecule has 0 bridgehead atoms. The minimum absolute atomic E-state index is 0.635. The monoisotopic (exact) mass is 271 g/mol. The van der Waals surface area contributed by atoms with Gasteiger partial charge in [-0.1, -0.05) is 12.1 Å². The average molecular weight is 271 g/mol. The van der Waals surface area contributed by atoms with Crippen LogP contribution in [0.5, 0.6) is 0 Å². The highest BCUT2D eigenvalue weighted by molar-refractivity contribution is 5.85. The Labute approximate surface area is 117 Å². The molecule has 5 nitrogen and oxygen atoms in total. The van der Waals surface area contributed by atoms with Crippen molar-refractivity contribution >= 4 is 22.8 Å². The highest BCUT2D eigenvalue weighted by Crippen LogP contribution is 2.35. The number of aryl methyl sites for hydroxylation is 1. The van der Waals surface area contributed by atoms with Crippen molar-refractivity contribution in [3.63, 3.8) is 0 Å². The second kappa shape index (κ2) is 4.44. The van der Waals surface area contributed by atoms with Gasteiger partial charge in [-0.25, -0.2) is 14.8 Å². The molecule has 0 spiro atoms. The van der Waals surface area contributed by atoms with E-state index in [2.05, 4.69) is 9.97 Å². The van der Waals surface area contributed by atoms with E-state index < -0.39 is 11.5 Å². The summed E-state index contributed by atoms with van der Waals surface area (Å²) in [6.07, 6.45) is 1.49. The molecule has 1 atom stereocenters. The molecule has 5 heteroatoms. The summed E-state index contributed by atoms with van der Waals surface area (Å²) in [5.41, 5.74) is 1.53. The molecule has 1 unspecified atom stereocenters. The summed E-state index contributed by atoms with van der Waals surface area (Å²) in [5, 5.41) is 9.52. The summed E-state index contributed by atoms with van der Waals surface area (Å²) < 4.78 is 0. The van der Waals surface area contributed by atoms with Gasteiger partial charge in [0, 0.05) is 6.54 Å². The van der Waals surface area contributed by atoms with Crippen molar-refractivity contribution in [1.29, 1.82) is 0 Å². The van der Waals surface area contributed by atoms with Crippen molar-refractivity contribution < 1.29 is 9.90 Å². The molecule has 1 saturated heterocycles. The van der Waals surface area contributed by atoms with Crippen LogP contribution in [0, 0.1) is 6.92 Å². The van der Waals surface area contributed by atoms with Crippen molar-refractivity contribution in [1.82, 2.24) is 9.97 Å². The number of carboxylic acid groups (broad SMARTS) is 1. The van der Waals surface area contributed by atoms with Gasteiger partial charge in [-0.2, -0.15) is 0 Å². The summed E-state index contributed by atoms with van der Waals surface area (Å²) >= 11 is 0. The van der Waals surface area contributed by atoms with E-state index in [0.29, 0.717) is 18.8 Å². The number of carbonyl (C=O) groups is 1. The molecule has 1 fully saturated rings. The standard InChI is InChI=1S/C15H17N3O2/c1-10-13(17-12-7-4-3-6-11(12)16-10)18-9-5-8-15(18,2)14(19)20/h3-4,6-7H,5,8-9H2,1-2H3,(H,19,20). The first-order valence-electron chi connectivity index (χ1n) is 6.77. The molecule has 1 aliphatic rings. The van der Waals surface area contributed by atoms with E-state index in [1.165, 1.54) is 0 Å². The molecule has 1 N–H and O–H groups in total. The van der Waals surface area contributed by atoms with E-state index in [9.17, 15) is 9.90 Å². The normalized spacial score (nSPS) is 22.4. The van der Waals surface area contributed by atoms with Crippen LogP contribution in [0.3, 0.4) is 0 Å². The van der Waals surface area contributed by atoms with Gasteiger partial charge in [0.05, 0.1) is 16.7 Å². The third-order valence-corrected chi connectivity index (χ3v) is 4.08. The fourth-order valence-electron chi connectivity index (χ4n) is 2.86. The Morgan fingerprint density at radius 2 is 1.95 bits per heavy atom. The minimum Gasteiger partial charge on any atom is -0.480 e. The van der Waals surface area contributed by atoms with E-state index in [1.54, 1.807) is 6.92 Å². The number of aliphatic carboxylic acids is 1. The zero-order valence-corrected chi connectivity index (χ0v) is 11.6. The van der Waals surface area contributed by atoms with Crippen molar-refractivity contribution in [2.24, 2.45) is 0 Å². The Bertz CT molecular complexity index is 686. The van der Waals surface area contributed by atoms with Gasteiger partial charge in [0.1, 0.15) is 5.54 Å². The lowest BCUT2D eigenvalue weighted by molar-refractivity contribution is -0.142. The van der Waals surface area contributed by atoms with Crippen molar-refractivity contribution in [3.05, 3.63) is 30.0 Å². The topological polar surface area (TPSA) is 66.3 Å². The van der Waals surface area contributed by atoms with Crippen molar-refractivity contribution in [2.45, 2.75) is 32.2 Å². The highest BCUT2D eigenvalue weighted by atomic mass is 16.4. The number of anilines is 1. The number of rotatable bonds is 2. The fourth-order valence-corrected chi connectivity index (χ4v) is 2.86. The number of para-hydroxylation sites is 2. The lowest BCUT2D eigenvalue weighted by Crippen LogP contribution is -2.48. The Hall–Kier alpha value is -2.17. The Balaban J connectivity index is 2.14. The van der Waals surface area contributed by atoms with E-state index in [-0.39, 0.29) is 0 Å². The van der Waals surface area contributed by atoms with Crippen LogP contribution in [0.4, 0.5) is 5.82 Å². The maximum atomic E-state index is 11.6. The van der Waals surface area contributed by atoms with Crippen molar-refractivity contribution in [3.8, 4) is 0 Å². The van der Waals surface area contributed by atoms with Crippen LogP contribution in [0.15, 0.2) is 24.3 Å². The van der Waals surface area contributed by atoms with E-state index in [1.807, 2.05) is 36.1 Å². The third kappa shape index (κ3) is 1.81. The summed E-state index contributed by atoms with van der Waals surface area (Å²) in [7, 11) is 0. The summed E-state index contributed by atoms with van der Waals surface area (Å²) in [6.45, 7) is 4.35. The maximum Gasteiger partial charge on any atom is 0.329 e. The molecule has 0 amide bonds. The van der Waals surface area contributed by atoms with Gasteiger partial charge in [0.2, 0.25) is 0 Å². The van der Waals surface area contributed by atoms with Crippen LogP contribution in [0.2, 0.25) is 0 Å². The number of carboxylic acids is 1. The van der Waals surface area contributed by atoms with Gasteiger partial charge < -0.3 is 10.0 Å². The highest BCUT2D eigenvalue weighted by Gasteiger charge is 2.44. The zero-order valence-electron chi connectivity index (χ0n) is 11.6. The van der Waals surface area contributed by atoms with Crippen LogP contribution < -0.4 is 4.90 Å². The molecule has 0 aliphatic carbocycles. The molecule has 1 aromatic heterocycles. The Kier molecular flexibility index (Phi) is 2.85. The molecule has 1 aromatic carbocycles. The zero-order chi connectivity index (χ0) is 14.3. The van der Waals surface area contributed by atoms with E-state index in [0.717, 1.165) is 23.1 Å². The number of hydrogen-bond acceptors (Lipinski definition) is 4. The molecule has 2 aromatic rings. The van der Waals surface area contributed by atoms with Crippen LogP contribution >= 0.6 is 0 Å². The van der Waals surface area contributed by atoms with Crippen LogP contribution in [-0.2, 0) is 4.79 Å². The van der Waals surface area contributed by atoms with Gasteiger partial charge in [-0.05, 0) is 38.8 Å². The fraction of sp³-hybridized carbons (Fsp3) is 0.400. The van der Waals surface area contributed by atoms with Crippen LogP contribution in [0.25, 0.3) is 11.0 Å². The van der Waals surface area contributed by atoms with Gasteiger partial charge in [0.15, 0.2) is 5.82 Å². The number of benzene rings is 1. The number of fused-ring (bicyclic) bond motifs is 1. The number of hydrogen-bond donors (Lipinski definition) is 1. The second-order valence-corrected chi connectivity index (χ2v) is 5.46. The SMILES string of the molecule is Cc1nc2ccccc2nc1N1CCCC1(C)C(=O)O. The second-order valence-electron chi connectivity index (χ2n) is 5.46. The Morgan fingerprint density at radius 3 is 2.60 bits per heavy atom. The molecule has 0 radical (unpaired) electrons. The molecular formula is C15H17N3O2. The molecule has 104 valence electrons. The smallest absolute Gasteiger partial charge is 0.329 e. The first kappa shape index (κ1) is 12.8. The quantitative estimate of drug-likeness (QED) is 0.908. The molecule has 20 heavy (non-hydrogen) atoms. The predicted molar refractivity (Wildman–Crippen MR) is 76.9 cm³/mol. The summed E-state index contributed by atoms with van der Waals surface area (Å²) in [4.78, 5) is 22.7. The Morgan fingerprint density at radius 1 is 1.30 bits per heavy atom. The van der Waals surface area contributed by atoms with Gasteiger partial charge >= 0.3 is 5.97 Å². The maximum absolute atomic E-state index is 11.6. The van der Waals surface area contributed by atoms with Gasteiger partial charge in [0.25, 0.3) is 0 Å². The van der Waals surface area contributed by atoms with Crippen molar-refractivity contribution in [2.75, 3.05) is 11.4 Å². The molecule has 2 heterocycles. The lowest BCUT2D eigenvalue weighted by Gasteiger charge is -2.32.